The highest BCUT2D eigenvalue weighted by molar-refractivity contribution is 5.89. The third-order valence-electron chi connectivity index (χ3n) is 6.48. The molecule has 9 heteroatoms. The summed E-state index contributed by atoms with van der Waals surface area (Å²) in [5.74, 6) is 1.20. The summed E-state index contributed by atoms with van der Waals surface area (Å²) in [5.41, 5.74) is 4.89. The number of rotatable bonds is 6. The molecule has 0 unspecified atom stereocenters. The number of benzene rings is 2. The van der Waals surface area contributed by atoms with Gasteiger partial charge >= 0.3 is 0 Å². The summed E-state index contributed by atoms with van der Waals surface area (Å²) < 4.78 is 10.9. The Bertz CT molecular complexity index is 1300. The second-order valence-electron chi connectivity index (χ2n) is 8.81. The average Bonchev–Trinajstić information content (AvgIpc) is 2.95. The zero-order valence-corrected chi connectivity index (χ0v) is 20.1. The van der Waals surface area contributed by atoms with Crippen molar-refractivity contribution in [2.75, 3.05) is 73.0 Å². The topological polar surface area (TPSA) is 87.7 Å². The van der Waals surface area contributed by atoms with Crippen molar-refractivity contribution < 1.29 is 9.47 Å². The minimum atomic E-state index is 0.493. The maximum absolute atomic E-state index is 5.47. The predicted octanol–water partition coefficient (Wildman–Crippen LogP) is 4.19. The fraction of sp³-hybridized carbons (Fsp3) is 0.296. The van der Waals surface area contributed by atoms with Crippen molar-refractivity contribution in [3.8, 4) is 0 Å². The number of hydrogen-bond donors (Lipinski definition) is 2. The third kappa shape index (κ3) is 5.02. The Balaban J connectivity index is 1.22. The zero-order valence-electron chi connectivity index (χ0n) is 20.1. The zero-order chi connectivity index (χ0) is 24.2. The van der Waals surface area contributed by atoms with E-state index in [1.54, 1.807) is 6.20 Å². The first kappa shape index (κ1) is 22.5. The Morgan fingerprint density at radius 2 is 1.19 bits per heavy atom. The number of anilines is 6. The molecule has 0 aliphatic carbocycles. The van der Waals surface area contributed by atoms with E-state index < -0.39 is 0 Å². The van der Waals surface area contributed by atoms with Crippen LogP contribution in [0.4, 0.5) is 34.5 Å². The highest BCUT2D eigenvalue weighted by Crippen LogP contribution is 2.27. The van der Waals surface area contributed by atoms with E-state index in [4.69, 9.17) is 14.5 Å². The molecule has 9 nitrogen and oxygen atoms in total. The van der Waals surface area contributed by atoms with Gasteiger partial charge in [-0.15, -0.1) is 0 Å². The molecular formula is C27H29N7O2. The van der Waals surface area contributed by atoms with Gasteiger partial charge in [-0.05, 0) is 60.7 Å². The van der Waals surface area contributed by atoms with Gasteiger partial charge in [0, 0.05) is 55.1 Å². The molecule has 2 aromatic heterocycles. The summed E-state index contributed by atoms with van der Waals surface area (Å²) in [6, 6.07) is 20.6. The minimum absolute atomic E-state index is 0.493. The Kier molecular flexibility index (Phi) is 6.47. The van der Waals surface area contributed by atoms with Crippen LogP contribution in [0, 0.1) is 0 Å². The summed E-state index contributed by atoms with van der Waals surface area (Å²) in [6.45, 7) is 6.73. The molecule has 0 spiro atoms. The maximum Gasteiger partial charge on any atom is 0.231 e. The van der Waals surface area contributed by atoms with Gasteiger partial charge in [0.2, 0.25) is 5.95 Å². The van der Waals surface area contributed by atoms with Crippen LogP contribution in [0.3, 0.4) is 0 Å². The Morgan fingerprint density at radius 1 is 0.639 bits per heavy atom. The van der Waals surface area contributed by atoms with Crippen molar-refractivity contribution >= 4 is 45.5 Å². The van der Waals surface area contributed by atoms with Gasteiger partial charge in [-0.1, -0.05) is 0 Å². The van der Waals surface area contributed by atoms with Gasteiger partial charge in [0.25, 0.3) is 0 Å². The molecule has 4 aromatic rings. The first-order valence-electron chi connectivity index (χ1n) is 12.3. The summed E-state index contributed by atoms with van der Waals surface area (Å²) in [4.78, 5) is 18.6. The minimum Gasteiger partial charge on any atom is -0.378 e. The normalized spacial score (nSPS) is 16.2. The van der Waals surface area contributed by atoms with E-state index in [9.17, 15) is 0 Å². The van der Waals surface area contributed by atoms with Crippen molar-refractivity contribution in [3.63, 3.8) is 0 Å². The first-order valence-corrected chi connectivity index (χ1v) is 12.3. The van der Waals surface area contributed by atoms with Crippen LogP contribution in [0.1, 0.15) is 0 Å². The smallest absolute Gasteiger partial charge is 0.231 e. The molecule has 36 heavy (non-hydrogen) atoms. The molecule has 0 bridgehead atoms. The Morgan fingerprint density at radius 3 is 1.78 bits per heavy atom. The standard InChI is InChI=1S/C27H29N7O2/c1-2-24-25(28-11-1)31-27(30-21-5-9-23(10-6-21)34-14-18-36-19-15-34)32-26(24)29-20-3-7-22(8-4-20)33-12-16-35-17-13-33/h1-11H,12-19H2,(H2,28,29,30,31,32). The van der Waals surface area contributed by atoms with Gasteiger partial charge in [-0.2, -0.15) is 9.97 Å². The largest absolute Gasteiger partial charge is 0.378 e. The molecule has 184 valence electrons. The summed E-state index contributed by atoms with van der Waals surface area (Å²) in [7, 11) is 0. The number of morpholine rings is 2. The van der Waals surface area contributed by atoms with Crippen LogP contribution in [-0.4, -0.2) is 67.6 Å². The second kappa shape index (κ2) is 10.3. The van der Waals surface area contributed by atoms with E-state index in [2.05, 4.69) is 66.8 Å². The molecule has 2 saturated heterocycles. The van der Waals surface area contributed by atoms with Gasteiger partial charge in [0.1, 0.15) is 5.82 Å². The van der Waals surface area contributed by atoms with Crippen molar-refractivity contribution in [1.82, 2.24) is 15.0 Å². The van der Waals surface area contributed by atoms with Gasteiger partial charge in [-0.25, -0.2) is 4.98 Å². The van der Waals surface area contributed by atoms with Crippen LogP contribution in [0.5, 0.6) is 0 Å². The molecule has 2 fully saturated rings. The molecule has 0 radical (unpaired) electrons. The molecule has 2 aliphatic rings. The van der Waals surface area contributed by atoms with Crippen LogP contribution in [0.15, 0.2) is 66.9 Å². The van der Waals surface area contributed by atoms with Crippen LogP contribution < -0.4 is 20.4 Å². The van der Waals surface area contributed by atoms with Crippen LogP contribution in [0.25, 0.3) is 11.0 Å². The van der Waals surface area contributed by atoms with E-state index in [0.29, 0.717) is 17.4 Å². The van der Waals surface area contributed by atoms with E-state index >= 15 is 0 Å². The van der Waals surface area contributed by atoms with E-state index in [1.165, 1.54) is 11.4 Å². The van der Waals surface area contributed by atoms with E-state index in [0.717, 1.165) is 69.4 Å². The predicted molar refractivity (Wildman–Crippen MR) is 143 cm³/mol. The Labute approximate surface area is 210 Å². The monoisotopic (exact) mass is 483 g/mol. The fourth-order valence-electron chi connectivity index (χ4n) is 4.53. The first-order chi connectivity index (χ1) is 17.8. The average molecular weight is 484 g/mol. The highest BCUT2D eigenvalue weighted by Gasteiger charge is 2.14. The lowest BCUT2D eigenvalue weighted by molar-refractivity contribution is 0.122. The number of nitrogens with zero attached hydrogens (tertiary/aromatic N) is 5. The molecule has 2 aliphatic heterocycles. The lowest BCUT2D eigenvalue weighted by atomic mass is 10.2. The third-order valence-corrected chi connectivity index (χ3v) is 6.48. The molecule has 0 saturated carbocycles. The second-order valence-corrected chi connectivity index (χ2v) is 8.81. The Hall–Kier alpha value is -3.95. The molecule has 4 heterocycles. The lowest BCUT2D eigenvalue weighted by Gasteiger charge is -2.29. The summed E-state index contributed by atoms with van der Waals surface area (Å²) >= 11 is 0. The number of pyridine rings is 1. The van der Waals surface area contributed by atoms with Crippen molar-refractivity contribution in [1.29, 1.82) is 0 Å². The summed E-state index contributed by atoms with van der Waals surface area (Å²) in [5, 5.41) is 7.67. The van der Waals surface area contributed by atoms with E-state index in [1.807, 2.05) is 24.3 Å². The fourth-order valence-corrected chi connectivity index (χ4v) is 4.53. The van der Waals surface area contributed by atoms with Gasteiger partial charge in [0.05, 0.1) is 31.8 Å². The maximum atomic E-state index is 5.47. The number of hydrogen-bond acceptors (Lipinski definition) is 9. The van der Waals surface area contributed by atoms with Gasteiger partial charge < -0.3 is 29.9 Å². The number of ether oxygens (including phenoxy) is 2. The molecular weight excluding hydrogens is 454 g/mol. The van der Waals surface area contributed by atoms with Gasteiger partial charge in [0.15, 0.2) is 5.65 Å². The van der Waals surface area contributed by atoms with Crippen LogP contribution >= 0.6 is 0 Å². The number of fused-ring (bicyclic) bond motifs is 1. The van der Waals surface area contributed by atoms with Crippen LogP contribution in [-0.2, 0) is 9.47 Å². The molecule has 6 rings (SSSR count). The van der Waals surface area contributed by atoms with Gasteiger partial charge in [-0.3, -0.25) is 0 Å². The molecule has 0 atom stereocenters. The van der Waals surface area contributed by atoms with Crippen LogP contribution in [0.2, 0.25) is 0 Å². The quantitative estimate of drug-likeness (QED) is 0.419. The lowest BCUT2D eigenvalue weighted by Crippen LogP contribution is -2.36. The highest BCUT2D eigenvalue weighted by atomic mass is 16.5. The van der Waals surface area contributed by atoms with Crippen molar-refractivity contribution in [2.24, 2.45) is 0 Å². The number of aromatic nitrogens is 3. The SMILES string of the molecule is c1cnc2nc(Nc3ccc(N4CCOCC4)cc3)nc(Nc3ccc(N4CCOCC4)cc3)c2c1. The number of nitrogens with one attached hydrogen (secondary N) is 2. The van der Waals surface area contributed by atoms with Crippen molar-refractivity contribution in [3.05, 3.63) is 66.9 Å². The van der Waals surface area contributed by atoms with Crippen molar-refractivity contribution in [2.45, 2.75) is 0 Å². The van der Waals surface area contributed by atoms with E-state index in [-0.39, 0.29) is 0 Å². The molecule has 2 aromatic carbocycles. The summed E-state index contributed by atoms with van der Waals surface area (Å²) in [6.07, 6.45) is 1.75. The molecule has 0 amide bonds. The molecule has 2 N–H and O–H groups in total.